The Morgan fingerprint density at radius 2 is 1.88 bits per heavy atom. The fraction of sp³-hybridized carbons (Fsp3) is 0.417. The van der Waals surface area contributed by atoms with Crippen molar-refractivity contribution in [3.63, 3.8) is 0 Å². The lowest BCUT2D eigenvalue weighted by Crippen LogP contribution is -2.28. The smallest absolute Gasteiger partial charge is 0.286 e. The van der Waals surface area contributed by atoms with Crippen molar-refractivity contribution in [3.8, 4) is 0 Å². The molecule has 1 aromatic carbocycles. The Morgan fingerprint density at radius 1 is 1.24 bits per heavy atom. The van der Waals surface area contributed by atoms with Crippen molar-refractivity contribution in [1.82, 2.24) is 0 Å². The van der Waals surface area contributed by atoms with E-state index in [0.717, 1.165) is 12.8 Å². The lowest BCUT2D eigenvalue weighted by atomic mass is 10.0. The maximum absolute atomic E-state index is 12.0. The van der Waals surface area contributed by atoms with Gasteiger partial charge in [0, 0.05) is 5.92 Å². The Balaban J connectivity index is 2.48. The molecule has 0 spiro atoms. The van der Waals surface area contributed by atoms with E-state index in [4.69, 9.17) is 0 Å². The van der Waals surface area contributed by atoms with Crippen LogP contribution in [0.15, 0.2) is 33.6 Å². The lowest BCUT2D eigenvalue weighted by molar-refractivity contribution is 0.594. The maximum Gasteiger partial charge on any atom is 0.286 e. The molecule has 1 aliphatic heterocycles. The van der Waals surface area contributed by atoms with Gasteiger partial charge in [0.1, 0.15) is 10.7 Å². The normalized spacial score (nSPS) is 17.2. The van der Waals surface area contributed by atoms with E-state index in [-0.39, 0.29) is 10.8 Å². The average Bonchev–Trinajstić information content (AvgIpc) is 2.30. The molecule has 0 radical (unpaired) electrons. The summed E-state index contributed by atoms with van der Waals surface area (Å²) in [5, 5.41) is 3.13. The van der Waals surface area contributed by atoms with Crippen LogP contribution >= 0.6 is 0 Å². The van der Waals surface area contributed by atoms with E-state index in [0.29, 0.717) is 11.5 Å². The number of nitrogens with one attached hydrogen (secondary N) is 1. The van der Waals surface area contributed by atoms with Crippen LogP contribution in [0.2, 0.25) is 0 Å². The number of anilines is 1. The molecule has 0 aromatic heterocycles. The van der Waals surface area contributed by atoms with Crippen LogP contribution in [0.25, 0.3) is 0 Å². The van der Waals surface area contributed by atoms with Crippen LogP contribution in [0, 0.1) is 5.92 Å². The molecular weight excluding hydrogens is 236 g/mol. The van der Waals surface area contributed by atoms with Crippen LogP contribution in [0.5, 0.6) is 0 Å². The minimum absolute atomic E-state index is 0.165. The number of amidine groups is 1. The standard InChI is InChI=1S/C12H16N2O2S/c1-3-9(4-2)12-13-10-7-5-6-8-11(10)17(15,16)14-12/h5-9H,3-4H2,1-2H3,(H,13,14). The van der Waals surface area contributed by atoms with Gasteiger partial charge in [-0.25, -0.2) is 0 Å². The van der Waals surface area contributed by atoms with Gasteiger partial charge < -0.3 is 5.32 Å². The molecule has 1 aromatic rings. The molecule has 5 heteroatoms. The van der Waals surface area contributed by atoms with Crippen molar-refractivity contribution in [2.75, 3.05) is 5.32 Å². The molecule has 0 atom stereocenters. The van der Waals surface area contributed by atoms with E-state index in [1.165, 1.54) is 0 Å². The largest absolute Gasteiger partial charge is 0.342 e. The van der Waals surface area contributed by atoms with Crippen molar-refractivity contribution >= 4 is 21.5 Å². The number of nitrogens with zero attached hydrogens (tertiary/aromatic N) is 1. The van der Waals surface area contributed by atoms with E-state index in [2.05, 4.69) is 9.71 Å². The summed E-state index contributed by atoms with van der Waals surface area (Å²) in [5.74, 6) is 0.729. The fourth-order valence-corrected chi connectivity index (χ4v) is 3.19. The first-order chi connectivity index (χ1) is 8.08. The first-order valence-electron chi connectivity index (χ1n) is 5.79. The van der Waals surface area contributed by atoms with E-state index >= 15 is 0 Å². The summed E-state index contributed by atoms with van der Waals surface area (Å²) in [5.41, 5.74) is 0.629. The topological polar surface area (TPSA) is 58.5 Å². The highest BCUT2D eigenvalue weighted by atomic mass is 32.2. The first kappa shape index (κ1) is 12.1. The quantitative estimate of drug-likeness (QED) is 0.899. The van der Waals surface area contributed by atoms with Crippen LogP contribution in [0.4, 0.5) is 5.69 Å². The summed E-state index contributed by atoms with van der Waals surface area (Å²) >= 11 is 0. The molecule has 0 saturated heterocycles. The average molecular weight is 252 g/mol. The second-order valence-electron chi connectivity index (χ2n) is 4.09. The van der Waals surface area contributed by atoms with Gasteiger partial charge in [-0.05, 0) is 25.0 Å². The SMILES string of the molecule is CCC(CC)C1=NS(=O)(=O)c2ccccc2N1. The van der Waals surface area contributed by atoms with Crippen LogP contribution in [-0.4, -0.2) is 14.3 Å². The minimum Gasteiger partial charge on any atom is -0.342 e. The Morgan fingerprint density at radius 3 is 2.53 bits per heavy atom. The van der Waals surface area contributed by atoms with Crippen LogP contribution in [0.1, 0.15) is 26.7 Å². The zero-order chi connectivity index (χ0) is 12.5. The van der Waals surface area contributed by atoms with Gasteiger partial charge in [-0.1, -0.05) is 26.0 Å². The van der Waals surface area contributed by atoms with E-state index in [1.807, 2.05) is 19.9 Å². The summed E-state index contributed by atoms with van der Waals surface area (Å²) in [7, 11) is -3.53. The highest BCUT2D eigenvalue weighted by Crippen LogP contribution is 2.29. The van der Waals surface area contributed by atoms with Gasteiger partial charge in [0.05, 0.1) is 5.69 Å². The van der Waals surface area contributed by atoms with Gasteiger partial charge in [0.2, 0.25) is 0 Å². The number of sulfonamides is 1. The molecule has 0 amide bonds. The Hall–Kier alpha value is -1.36. The molecule has 0 bridgehead atoms. The summed E-state index contributed by atoms with van der Waals surface area (Å²) in [6, 6.07) is 6.86. The van der Waals surface area contributed by atoms with Crippen LogP contribution < -0.4 is 5.32 Å². The number of para-hydroxylation sites is 1. The predicted octanol–water partition coefficient (Wildman–Crippen LogP) is 2.64. The van der Waals surface area contributed by atoms with Crippen LogP contribution in [0.3, 0.4) is 0 Å². The third-order valence-corrected chi connectivity index (χ3v) is 4.37. The molecular formula is C12H16N2O2S. The van der Waals surface area contributed by atoms with Gasteiger partial charge in [-0.2, -0.15) is 8.42 Å². The maximum atomic E-state index is 12.0. The molecule has 4 nitrogen and oxygen atoms in total. The molecule has 2 rings (SSSR count). The summed E-state index contributed by atoms with van der Waals surface area (Å²) in [6.07, 6.45) is 1.75. The second-order valence-corrected chi connectivity index (χ2v) is 5.66. The van der Waals surface area contributed by atoms with Gasteiger partial charge in [0.25, 0.3) is 10.0 Å². The number of hydrogen-bond acceptors (Lipinski definition) is 3. The van der Waals surface area contributed by atoms with E-state index < -0.39 is 10.0 Å². The van der Waals surface area contributed by atoms with Gasteiger partial charge >= 0.3 is 0 Å². The summed E-state index contributed by atoms with van der Waals surface area (Å²) in [4.78, 5) is 0.259. The first-order valence-corrected chi connectivity index (χ1v) is 7.23. The zero-order valence-electron chi connectivity index (χ0n) is 9.97. The van der Waals surface area contributed by atoms with E-state index in [1.54, 1.807) is 18.2 Å². The second kappa shape index (κ2) is 4.49. The molecule has 0 saturated carbocycles. The lowest BCUT2D eigenvalue weighted by Gasteiger charge is -2.22. The molecule has 17 heavy (non-hydrogen) atoms. The summed E-state index contributed by atoms with van der Waals surface area (Å²) < 4.78 is 27.9. The number of hydrogen-bond donors (Lipinski definition) is 1. The predicted molar refractivity (Wildman–Crippen MR) is 68.8 cm³/mol. The van der Waals surface area contributed by atoms with Crippen molar-refractivity contribution in [2.24, 2.45) is 10.3 Å². The monoisotopic (exact) mass is 252 g/mol. The molecule has 0 fully saturated rings. The Labute approximate surface area is 102 Å². The molecule has 0 aliphatic carbocycles. The van der Waals surface area contributed by atoms with Gasteiger partial charge in [-0.3, -0.25) is 0 Å². The third kappa shape index (κ3) is 2.20. The minimum atomic E-state index is -3.53. The van der Waals surface area contributed by atoms with E-state index in [9.17, 15) is 8.42 Å². The van der Waals surface area contributed by atoms with Crippen molar-refractivity contribution in [1.29, 1.82) is 0 Å². The van der Waals surface area contributed by atoms with Crippen LogP contribution in [-0.2, 0) is 10.0 Å². The molecule has 1 aliphatic rings. The van der Waals surface area contributed by atoms with Gasteiger partial charge in [-0.15, -0.1) is 4.40 Å². The zero-order valence-corrected chi connectivity index (χ0v) is 10.8. The molecule has 92 valence electrons. The highest BCUT2D eigenvalue weighted by Gasteiger charge is 2.26. The van der Waals surface area contributed by atoms with Crippen molar-refractivity contribution in [3.05, 3.63) is 24.3 Å². The Kier molecular flexibility index (Phi) is 3.19. The number of fused-ring (bicyclic) bond motifs is 1. The fourth-order valence-electron chi connectivity index (χ4n) is 1.99. The molecule has 1 heterocycles. The number of rotatable bonds is 3. The highest BCUT2D eigenvalue weighted by molar-refractivity contribution is 7.90. The van der Waals surface area contributed by atoms with Crippen molar-refractivity contribution in [2.45, 2.75) is 31.6 Å². The summed E-state index contributed by atoms with van der Waals surface area (Å²) in [6.45, 7) is 4.07. The Bertz CT molecular complexity index is 545. The molecule has 0 unspecified atom stereocenters. The molecule has 1 N–H and O–H groups in total. The van der Waals surface area contributed by atoms with Gasteiger partial charge in [0.15, 0.2) is 0 Å². The van der Waals surface area contributed by atoms with Crippen molar-refractivity contribution < 1.29 is 8.42 Å². The third-order valence-electron chi connectivity index (χ3n) is 3.02. The number of benzene rings is 1.